The van der Waals surface area contributed by atoms with Crippen LogP contribution in [0, 0.1) is 23.7 Å². The Labute approximate surface area is 326 Å². The van der Waals surface area contributed by atoms with Crippen LogP contribution in [0.4, 0.5) is 30.7 Å². The van der Waals surface area contributed by atoms with E-state index < -0.39 is 58.5 Å². The number of rotatable bonds is 8. The van der Waals surface area contributed by atoms with Crippen molar-refractivity contribution in [3.63, 3.8) is 0 Å². The van der Waals surface area contributed by atoms with Gasteiger partial charge in [-0.05, 0) is 112 Å². The van der Waals surface area contributed by atoms with Gasteiger partial charge in [-0.3, -0.25) is 9.69 Å². The molecule has 1 amide bonds. The predicted octanol–water partition coefficient (Wildman–Crippen LogP) is 9.76. The summed E-state index contributed by atoms with van der Waals surface area (Å²) in [5, 5.41) is 13.7. The Morgan fingerprint density at radius 1 is 0.877 bits per heavy atom. The Morgan fingerprint density at radius 2 is 1.58 bits per heavy atom. The molecule has 1 aromatic carbocycles. The third-order valence-electron chi connectivity index (χ3n) is 13.7. The number of ether oxygens (including phenoxy) is 1. The SMILES string of the molecule is CC1CC2CC(C)C(NC(=O)c3ccc(-c4cn(C5CCC(F)(F)CC5)c5cc(OC6CCC(N7CC(F)(F)C7)CC6)ccc45)nc3C(F)(F)F)(C(=O)O)C(C1)C2. The standard InChI is InChI=1S/C42H49F7N4O4/c1-23-15-25-17-24(2)41(38(55)56,26(16-23)18-25)51-37(54)32-9-10-34(50-36(32)42(47,48)49)33-20-53(28-11-13-39(43,44)14-12-28)35-19-30(7-8-31(33)35)57-29-5-3-27(4-6-29)52-21-40(45,46)22-52/h7-10,19-20,23-29H,3-6,11-18,21-22H2,1-2H3,(H,51,54)(H,55,56). The van der Waals surface area contributed by atoms with Gasteiger partial charge in [0.05, 0.1) is 36.0 Å². The second-order valence-corrected chi connectivity index (χ2v) is 17.8. The number of carbonyl (C=O) groups excluding carboxylic acids is 1. The van der Waals surface area contributed by atoms with Crippen LogP contribution >= 0.6 is 0 Å². The fourth-order valence-electron chi connectivity index (χ4n) is 11.0. The van der Waals surface area contributed by atoms with Gasteiger partial charge in [0.1, 0.15) is 11.3 Å². The van der Waals surface area contributed by atoms with Gasteiger partial charge in [-0.25, -0.2) is 27.3 Å². The largest absolute Gasteiger partial charge is 0.490 e. The van der Waals surface area contributed by atoms with Crippen molar-refractivity contribution in [2.45, 2.75) is 133 Å². The molecule has 4 aliphatic carbocycles. The van der Waals surface area contributed by atoms with E-state index >= 15 is 0 Å². The average Bonchev–Trinajstić information content (AvgIpc) is 3.50. The number of alkyl halides is 7. The van der Waals surface area contributed by atoms with E-state index in [1.807, 2.05) is 11.5 Å². The molecule has 0 radical (unpaired) electrons. The Bertz CT molecular complexity index is 2010. The smallest absolute Gasteiger partial charge is 0.434 e. The molecule has 5 fully saturated rings. The first-order valence-electron chi connectivity index (χ1n) is 20.3. The molecule has 8 nitrogen and oxygen atoms in total. The minimum absolute atomic E-state index is 0.0697. The minimum atomic E-state index is -5.08. The Hall–Kier alpha value is -3.88. The number of hydrogen-bond acceptors (Lipinski definition) is 5. The monoisotopic (exact) mass is 806 g/mol. The van der Waals surface area contributed by atoms with Crippen LogP contribution in [0.3, 0.4) is 0 Å². The van der Waals surface area contributed by atoms with Crippen LogP contribution in [0.1, 0.15) is 113 Å². The van der Waals surface area contributed by atoms with Crippen molar-refractivity contribution >= 4 is 22.8 Å². The van der Waals surface area contributed by atoms with Gasteiger partial charge in [-0.1, -0.05) is 13.8 Å². The van der Waals surface area contributed by atoms with Crippen molar-refractivity contribution in [3.05, 3.63) is 47.8 Å². The third kappa shape index (κ3) is 7.62. The minimum Gasteiger partial charge on any atom is -0.490 e. The number of nitrogens with one attached hydrogen (secondary N) is 1. The number of nitrogens with zero attached hydrogens (tertiary/aromatic N) is 3. The number of carboxylic acid groups (broad SMARTS) is 1. The molecule has 0 spiro atoms. The summed E-state index contributed by atoms with van der Waals surface area (Å²) in [4.78, 5) is 32.7. The van der Waals surface area contributed by atoms with Crippen molar-refractivity contribution in [1.82, 2.24) is 19.8 Å². The quantitative estimate of drug-likeness (QED) is 0.220. The van der Waals surface area contributed by atoms with Gasteiger partial charge in [0.15, 0.2) is 5.69 Å². The van der Waals surface area contributed by atoms with E-state index in [9.17, 15) is 45.4 Å². The Morgan fingerprint density at radius 3 is 2.23 bits per heavy atom. The predicted molar refractivity (Wildman–Crippen MR) is 197 cm³/mol. The lowest BCUT2D eigenvalue weighted by Gasteiger charge is -2.52. The first kappa shape index (κ1) is 39.9. The van der Waals surface area contributed by atoms with E-state index in [1.165, 1.54) is 6.07 Å². The van der Waals surface area contributed by atoms with E-state index in [0.29, 0.717) is 67.2 Å². The molecule has 3 heterocycles. The van der Waals surface area contributed by atoms with Crippen molar-refractivity contribution in [3.8, 4) is 17.0 Å². The Kier molecular flexibility index (Phi) is 10.1. The molecule has 2 bridgehead atoms. The van der Waals surface area contributed by atoms with Gasteiger partial charge in [0.25, 0.3) is 11.8 Å². The zero-order valence-electron chi connectivity index (χ0n) is 32.1. The number of carbonyl (C=O) groups is 2. The second-order valence-electron chi connectivity index (χ2n) is 17.8. The summed E-state index contributed by atoms with van der Waals surface area (Å²) in [5.74, 6) is -7.81. The second kappa shape index (κ2) is 14.4. The maximum atomic E-state index is 14.9. The molecule has 2 aromatic heterocycles. The molecule has 1 aliphatic heterocycles. The summed E-state index contributed by atoms with van der Waals surface area (Å²) in [6, 6.07) is 7.21. The van der Waals surface area contributed by atoms with Crippen LogP contribution < -0.4 is 10.1 Å². The molecule has 5 atom stereocenters. The Balaban J connectivity index is 1.10. The molecule has 310 valence electrons. The topological polar surface area (TPSA) is 96.7 Å². The lowest BCUT2D eigenvalue weighted by atomic mass is 9.56. The van der Waals surface area contributed by atoms with Crippen LogP contribution in [0.15, 0.2) is 36.5 Å². The number of likely N-dealkylation sites (tertiary alicyclic amines) is 1. The lowest BCUT2D eigenvalue weighted by Crippen LogP contribution is -2.66. The van der Waals surface area contributed by atoms with Crippen molar-refractivity contribution in [2.24, 2.45) is 23.7 Å². The molecular formula is C42H49F7N4O4. The summed E-state index contributed by atoms with van der Waals surface area (Å²) < 4.78 is 108. The molecule has 15 heteroatoms. The zero-order valence-corrected chi connectivity index (χ0v) is 32.1. The number of fused-ring (bicyclic) bond motifs is 3. The third-order valence-corrected chi connectivity index (χ3v) is 13.7. The van der Waals surface area contributed by atoms with Gasteiger partial charge in [0, 0.05) is 48.1 Å². The molecule has 1 saturated heterocycles. The van der Waals surface area contributed by atoms with Gasteiger partial charge in [-0.15, -0.1) is 0 Å². The van der Waals surface area contributed by atoms with Gasteiger partial charge >= 0.3 is 12.1 Å². The van der Waals surface area contributed by atoms with Crippen molar-refractivity contribution < 1.29 is 50.2 Å². The van der Waals surface area contributed by atoms with Crippen LogP contribution in [-0.2, 0) is 11.0 Å². The lowest BCUT2D eigenvalue weighted by molar-refractivity contribution is -0.155. The highest BCUT2D eigenvalue weighted by Gasteiger charge is 2.57. The molecule has 2 N–H and O–H groups in total. The number of benzene rings is 1. The zero-order chi connectivity index (χ0) is 40.7. The van der Waals surface area contributed by atoms with Crippen LogP contribution in [-0.4, -0.2) is 74.1 Å². The van der Waals surface area contributed by atoms with Crippen LogP contribution in [0.5, 0.6) is 5.75 Å². The highest BCUT2D eigenvalue weighted by Crippen LogP contribution is 2.51. The van der Waals surface area contributed by atoms with E-state index in [2.05, 4.69) is 10.3 Å². The molecular weight excluding hydrogens is 757 g/mol. The van der Waals surface area contributed by atoms with Gasteiger partial charge < -0.3 is 19.7 Å². The maximum absolute atomic E-state index is 14.9. The van der Waals surface area contributed by atoms with Crippen molar-refractivity contribution in [1.29, 1.82) is 0 Å². The highest BCUT2D eigenvalue weighted by atomic mass is 19.4. The molecule has 5 aliphatic rings. The number of aliphatic carboxylic acids is 1. The summed E-state index contributed by atoms with van der Waals surface area (Å²) in [5.41, 5.74) is -3.18. The molecule has 3 aromatic rings. The van der Waals surface area contributed by atoms with Crippen molar-refractivity contribution in [2.75, 3.05) is 13.1 Å². The normalized spacial score (nSPS) is 31.7. The molecule has 4 saturated carbocycles. The number of pyridine rings is 1. The summed E-state index contributed by atoms with van der Waals surface area (Å²) in [7, 11) is 0. The van der Waals surface area contributed by atoms with Crippen LogP contribution in [0.25, 0.3) is 22.2 Å². The van der Waals surface area contributed by atoms with E-state index in [-0.39, 0.29) is 74.5 Å². The average molecular weight is 807 g/mol. The summed E-state index contributed by atoms with van der Waals surface area (Å²) in [6.45, 7) is 3.30. The maximum Gasteiger partial charge on any atom is 0.434 e. The molecule has 8 rings (SSSR count). The number of halogens is 7. The van der Waals surface area contributed by atoms with Gasteiger partial charge in [0.2, 0.25) is 5.92 Å². The first-order chi connectivity index (χ1) is 26.8. The summed E-state index contributed by atoms with van der Waals surface area (Å²) in [6.07, 6.45) is 1.30. The fraction of sp³-hybridized carbons (Fsp3) is 0.643. The summed E-state index contributed by atoms with van der Waals surface area (Å²) >= 11 is 0. The fourth-order valence-corrected chi connectivity index (χ4v) is 11.0. The number of hydrogen-bond donors (Lipinski definition) is 2. The van der Waals surface area contributed by atoms with E-state index in [0.717, 1.165) is 12.5 Å². The number of amides is 1. The molecule has 5 unspecified atom stereocenters. The number of carboxylic acids is 1. The number of aromatic nitrogens is 2. The molecule has 57 heavy (non-hydrogen) atoms. The van der Waals surface area contributed by atoms with E-state index in [4.69, 9.17) is 4.74 Å². The van der Waals surface area contributed by atoms with Gasteiger partial charge in [-0.2, -0.15) is 13.2 Å². The van der Waals surface area contributed by atoms with Crippen LogP contribution in [0.2, 0.25) is 0 Å². The highest BCUT2D eigenvalue weighted by molar-refractivity contribution is 6.00. The first-order valence-corrected chi connectivity index (χ1v) is 20.3. The van der Waals surface area contributed by atoms with E-state index in [1.54, 1.807) is 36.2 Å².